The highest BCUT2D eigenvalue weighted by Gasteiger charge is 2.29. The quantitative estimate of drug-likeness (QED) is 0.140. The lowest BCUT2D eigenvalue weighted by molar-refractivity contribution is 0.255. The maximum atomic E-state index is 14.4. The molecule has 5 aromatic rings. The van der Waals surface area contributed by atoms with Gasteiger partial charge in [-0.25, -0.2) is 13.8 Å². The third-order valence-electron chi connectivity index (χ3n) is 10.3. The maximum Gasteiger partial charge on any atom is 0.203 e. The summed E-state index contributed by atoms with van der Waals surface area (Å²) in [5.74, 6) is 0.895. The lowest BCUT2D eigenvalue weighted by atomic mass is 9.73. The lowest BCUT2D eigenvalue weighted by Crippen LogP contribution is -2.47. The van der Waals surface area contributed by atoms with Gasteiger partial charge < -0.3 is 18.8 Å². The Morgan fingerprint density at radius 2 is 1.59 bits per heavy atom. The number of piperazine rings is 1. The Morgan fingerprint density at radius 1 is 0.843 bits per heavy atom. The molecule has 1 aliphatic carbocycles. The third-order valence-corrected chi connectivity index (χ3v) is 10.5. The highest BCUT2D eigenvalue weighted by Crippen LogP contribution is 2.43. The summed E-state index contributed by atoms with van der Waals surface area (Å²) in [4.78, 5) is 9.76. The number of halogens is 3. The van der Waals surface area contributed by atoms with Crippen molar-refractivity contribution in [2.24, 2.45) is 5.41 Å². The zero-order chi connectivity index (χ0) is 35.5. The van der Waals surface area contributed by atoms with Crippen LogP contribution in [0.1, 0.15) is 50.7 Å². The molecule has 1 aliphatic heterocycles. The molecule has 7 nitrogen and oxygen atoms in total. The largest absolute Gasteiger partial charge is 0.494 e. The molecule has 1 saturated heterocycles. The summed E-state index contributed by atoms with van der Waals surface area (Å²) in [5, 5.41) is 9.78. The Labute approximate surface area is 303 Å². The fraction of sp³-hybridized carbons (Fsp3) is 0.366. The number of nitrogens with one attached hydrogen (secondary N) is 1. The second-order valence-electron chi connectivity index (χ2n) is 14.6. The Morgan fingerprint density at radius 3 is 2.31 bits per heavy atom. The summed E-state index contributed by atoms with van der Waals surface area (Å²) in [7, 11) is 0. The number of anilines is 1. The predicted molar refractivity (Wildman–Crippen MR) is 200 cm³/mol. The van der Waals surface area contributed by atoms with Crippen LogP contribution in [0.4, 0.5) is 14.6 Å². The van der Waals surface area contributed by atoms with E-state index in [1.165, 1.54) is 41.8 Å². The normalized spacial score (nSPS) is 16.6. The van der Waals surface area contributed by atoms with Gasteiger partial charge in [0, 0.05) is 50.5 Å². The number of allylic oxidation sites excluding steroid dienone is 1. The predicted octanol–water partition coefficient (Wildman–Crippen LogP) is 8.55. The van der Waals surface area contributed by atoms with E-state index in [9.17, 15) is 8.78 Å². The maximum absolute atomic E-state index is 14.4. The van der Waals surface area contributed by atoms with Crippen molar-refractivity contribution >= 4 is 34.0 Å². The van der Waals surface area contributed by atoms with Gasteiger partial charge in [-0.15, -0.1) is 0 Å². The molecule has 10 heteroatoms. The van der Waals surface area contributed by atoms with E-state index in [1.54, 1.807) is 23.8 Å². The summed E-state index contributed by atoms with van der Waals surface area (Å²) >= 11 is 6.20. The van der Waals surface area contributed by atoms with Crippen LogP contribution in [0.5, 0.6) is 5.75 Å². The second kappa shape index (κ2) is 15.0. The van der Waals surface area contributed by atoms with Gasteiger partial charge in [-0.05, 0) is 108 Å². The number of fused-ring (bicyclic) bond motifs is 1. The molecule has 0 radical (unpaired) electrons. The first-order valence-corrected chi connectivity index (χ1v) is 18.2. The number of imidazole rings is 1. The van der Waals surface area contributed by atoms with Crippen molar-refractivity contribution < 1.29 is 13.5 Å². The number of hydrogen-bond acceptors (Lipinski definition) is 5. The van der Waals surface area contributed by atoms with E-state index in [4.69, 9.17) is 26.7 Å². The number of benzene rings is 3. The molecule has 0 amide bonds. The van der Waals surface area contributed by atoms with Crippen molar-refractivity contribution in [1.82, 2.24) is 19.0 Å². The molecule has 0 saturated carbocycles. The average molecular weight is 711 g/mol. The monoisotopic (exact) mass is 710 g/mol. The van der Waals surface area contributed by atoms with Crippen LogP contribution in [0.3, 0.4) is 0 Å². The van der Waals surface area contributed by atoms with Crippen LogP contribution in [0, 0.1) is 22.5 Å². The van der Waals surface area contributed by atoms with Crippen molar-refractivity contribution in [2.75, 3.05) is 44.2 Å². The highest BCUT2D eigenvalue weighted by atomic mass is 35.5. The molecule has 2 aromatic heterocycles. The molecule has 2 aliphatic rings. The number of ether oxygens (including phenoxy) is 1. The van der Waals surface area contributed by atoms with E-state index >= 15 is 0 Å². The molecule has 1 N–H and O–H groups in total. The summed E-state index contributed by atoms with van der Waals surface area (Å²) < 4.78 is 37.1. The lowest BCUT2D eigenvalue weighted by Gasteiger charge is -2.39. The van der Waals surface area contributed by atoms with Gasteiger partial charge in [-0.1, -0.05) is 49.2 Å². The minimum Gasteiger partial charge on any atom is -0.494 e. The summed E-state index contributed by atoms with van der Waals surface area (Å²) in [6, 6.07) is 23.0. The standard InChI is InChI=1S/C41H45ClF2N6O/c1-41(2)17-16-36(30-5-7-32(42)8-6-30)31(25-41)28-47-19-21-48(22-20-47)39-15-4-29(26-46-39)27-50-38-24-34(44)11-14-37(38)49(40(50)45)18-3-23-51-35-12-9-33(43)10-13-35/h4-15,24,26,45H,3,16-23,25,27-28H2,1-2H3. The van der Waals surface area contributed by atoms with E-state index in [2.05, 4.69) is 47.9 Å². The van der Waals surface area contributed by atoms with Gasteiger partial charge in [0.25, 0.3) is 0 Å². The fourth-order valence-electron chi connectivity index (χ4n) is 7.49. The molecule has 3 aromatic carbocycles. The number of nitrogens with zero attached hydrogens (tertiary/aromatic N) is 5. The van der Waals surface area contributed by atoms with Gasteiger partial charge in [-0.3, -0.25) is 10.3 Å². The van der Waals surface area contributed by atoms with E-state index in [1.807, 2.05) is 27.5 Å². The first-order valence-electron chi connectivity index (χ1n) is 17.8. The number of pyridine rings is 1. The van der Waals surface area contributed by atoms with E-state index in [0.717, 1.165) is 67.5 Å². The molecule has 3 heterocycles. The van der Waals surface area contributed by atoms with Gasteiger partial charge in [0.2, 0.25) is 5.62 Å². The van der Waals surface area contributed by atoms with Crippen molar-refractivity contribution in [3.8, 4) is 5.75 Å². The zero-order valence-corrected chi connectivity index (χ0v) is 30.1. The first kappa shape index (κ1) is 35.0. The van der Waals surface area contributed by atoms with E-state index in [0.29, 0.717) is 42.8 Å². The first-order chi connectivity index (χ1) is 24.6. The molecule has 0 spiro atoms. The minimum absolute atomic E-state index is 0.285. The van der Waals surface area contributed by atoms with Crippen molar-refractivity contribution in [3.63, 3.8) is 0 Å². The Kier molecular flexibility index (Phi) is 10.3. The molecule has 1 fully saturated rings. The van der Waals surface area contributed by atoms with E-state index in [-0.39, 0.29) is 17.3 Å². The average Bonchev–Trinajstić information content (AvgIpc) is 3.37. The van der Waals surface area contributed by atoms with E-state index < -0.39 is 0 Å². The summed E-state index contributed by atoms with van der Waals surface area (Å²) in [6.07, 6.45) is 5.92. The van der Waals surface area contributed by atoms with Crippen LogP contribution in [0.2, 0.25) is 5.02 Å². The molecular formula is C41H45ClF2N6O. The smallest absolute Gasteiger partial charge is 0.203 e. The van der Waals surface area contributed by atoms with Gasteiger partial charge in [0.05, 0.1) is 24.2 Å². The van der Waals surface area contributed by atoms with Crippen LogP contribution < -0.4 is 15.3 Å². The molecule has 51 heavy (non-hydrogen) atoms. The van der Waals surface area contributed by atoms with Crippen LogP contribution >= 0.6 is 11.6 Å². The van der Waals surface area contributed by atoms with Crippen LogP contribution in [0.15, 0.2) is 90.6 Å². The van der Waals surface area contributed by atoms with Crippen LogP contribution in [-0.4, -0.2) is 58.3 Å². The Hall–Kier alpha value is -4.47. The molecule has 0 bridgehead atoms. The SMILES string of the molecule is CC1(C)CCC(c2ccc(Cl)cc2)=C(CN2CCN(c3ccc(Cn4c(=N)n(CCCOc5ccc(F)cc5)c5ccc(F)cc54)cn3)CC2)C1. The van der Waals surface area contributed by atoms with Gasteiger partial charge in [-0.2, -0.15) is 0 Å². The van der Waals surface area contributed by atoms with Crippen molar-refractivity contribution in [3.05, 3.63) is 124 Å². The Balaban J connectivity index is 0.987. The number of rotatable bonds is 11. The zero-order valence-electron chi connectivity index (χ0n) is 29.3. The summed E-state index contributed by atoms with van der Waals surface area (Å²) in [6.45, 7) is 10.8. The van der Waals surface area contributed by atoms with Gasteiger partial charge >= 0.3 is 0 Å². The topological polar surface area (TPSA) is 62.3 Å². The fourth-order valence-corrected chi connectivity index (χ4v) is 7.62. The number of hydrogen-bond donors (Lipinski definition) is 1. The minimum atomic E-state index is -0.342. The van der Waals surface area contributed by atoms with Crippen LogP contribution in [0.25, 0.3) is 16.6 Å². The number of aromatic nitrogens is 3. The van der Waals surface area contributed by atoms with Gasteiger partial charge in [0.15, 0.2) is 0 Å². The second-order valence-corrected chi connectivity index (χ2v) is 15.0. The van der Waals surface area contributed by atoms with Crippen molar-refractivity contribution in [2.45, 2.75) is 52.6 Å². The Bertz CT molecular complexity index is 2060. The van der Waals surface area contributed by atoms with Crippen LogP contribution in [-0.2, 0) is 13.1 Å². The molecule has 266 valence electrons. The third kappa shape index (κ3) is 8.21. The van der Waals surface area contributed by atoms with Crippen molar-refractivity contribution in [1.29, 1.82) is 5.41 Å². The molecule has 0 unspecified atom stereocenters. The molecule has 7 rings (SSSR count). The highest BCUT2D eigenvalue weighted by molar-refractivity contribution is 6.30. The molecular weight excluding hydrogens is 666 g/mol. The summed E-state index contributed by atoms with van der Waals surface area (Å²) in [5.41, 5.74) is 7.33. The van der Waals surface area contributed by atoms with Gasteiger partial charge in [0.1, 0.15) is 23.2 Å². The number of aryl methyl sites for hydroxylation is 1. The molecule has 0 atom stereocenters.